The molecule has 0 spiro atoms. The first-order valence-electron chi connectivity index (χ1n) is 7.32. The molecule has 1 aliphatic carbocycles. The molecule has 21 heavy (non-hydrogen) atoms. The van der Waals surface area contributed by atoms with E-state index in [9.17, 15) is 4.79 Å². The number of nitrogens with two attached hydrogens (primary N) is 1. The van der Waals surface area contributed by atoms with Crippen LogP contribution in [0.2, 0.25) is 0 Å². The summed E-state index contributed by atoms with van der Waals surface area (Å²) < 4.78 is 0. The first-order chi connectivity index (χ1) is 10.2. The maximum Gasteiger partial charge on any atom is 0.230 e. The van der Waals surface area contributed by atoms with Crippen molar-refractivity contribution in [3.8, 4) is 0 Å². The van der Waals surface area contributed by atoms with Crippen LogP contribution in [0.3, 0.4) is 0 Å². The molecule has 3 rings (SSSR count). The molecule has 108 valence electrons. The fraction of sp³-hybridized carbons (Fsp3) is 0.278. The average molecular weight is 280 g/mol. The number of anilines is 1. The zero-order chi connectivity index (χ0) is 14.8. The summed E-state index contributed by atoms with van der Waals surface area (Å²) >= 11 is 0. The van der Waals surface area contributed by atoms with Crippen molar-refractivity contribution in [2.75, 3.05) is 11.9 Å². The molecule has 2 aromatic carbocycles. The topological polar surface area (TPSA) is 46.3 Å². The average Bonchev–Trinajstić information content (AvgIpc) is 2.97. The summed E-state index contributed by atoms with van der Waals surface area (Å²) in [5.74, 6) is 0.231. The number of rotatable bonds is 3. The van der Waals surface area contributed by atoms with Crippen LogP contribution < -0.4 is 10.6 Å². The standard InChI is InChI=1S/C18H20N2O/c1-20(17-8-4-5-13(9-17)12-19)18(21)16-10-14-6-2-3-7-15(14)11-16/h2-9,16H,10-12,19H2,1H3. The van der Waals surface area contributed by atoms with Gasteiger partial charge in [-0.1, -0.05) is 36.4 Å². The smallest absolute Gasteiger partial charge is 0.230 e. The first kappa shape index (κ1) is 13.8. The first-order valence-corrected chi connectivity index (χ1v) is 7.32. The van der Waals surface area contributed by atoms with E-state index in [1.165, 1.54) is 11.1 Å². The van der Waals surface area contributed by atoms with Crippen LogP contribution in [-0.2, 0) is 24.2 Å². The van der Waals surface area contributed by atoms with Gasteiger partial charge < -0.3 is 10.6 Å². The predicted octanol–water partition coefficient (Wildman–Crippen LogP) is 2.52. The fourth-order valence-corrected chi connectivity index (χ4v) is 3.03. The lowest BCUT2D eigenvalue weighted by atomic mass is 10.0. The molecular weight excluding hydrogens is 260 g/mol. The summed E-state index contributed by atoms with van der Waals surface area (Å²) in [4.78, 5) is 14.5. The molecule has 3 heteroatoms. The highest BCUT2D eigenvalue weighted by Crippen LogP contribution is 2.29. The number of nitrogens with zero attached hydrogens (tertiary/aromatic N) is 1. The highest BCUT2D eigenvalue weighted by molar-refractivity contribution is 5.95. The minimum atomic E-state index is 0.0499. The summed E-state index contributed by atoms with van der Waals surface area (Å²) in [6.45, 7) is 0.491. The van der Waals surface area contributed by atoms with Crippen molar-refractivity contribution in [2.45, 2.75) is 19.4 Å². The molecule has 0 atom stereocenters. The molecule has 0 heterocycles. The number of carbonyl (C=O) groups is 1. The van der Waals surface area contributed by atoms with Crippen molar-refractivity contribution >= 4 is 11.6 Å². The van der Waals surface area contributed by atoms with E-state index in [2.05, 4.69) is 12.1 Å². The van der Waals surface area contributed by atoms with Gasteiger partial charge >= 0.3 is 0 Å². The Morgan fingerprint density at radius 2 is 1.81 bits per heavy atom. The third kappa shape index (κ3) is 2.69. The zero-order valence-corrected chi connectivity index (χ0v) is 12.3. The molecular formula is C18H20N2O. The highest BCUT2D eigenvalue weighted by atomic mass is 16.2. The van der Waals surface area contributed by atoms with Crippen LogP contribution in [0.1, 0.15) is 16.7 Å². The van der Waals surface area contributed by atoms with E-state index >= 15 is 0 Å². The van der Waals surface area contributed by atoms with E-state index < -0.39 is 0 Å². The Morgan fingerprint density at radius 1 is 1.14 bits per heavy atom. The van der Waals surface area contributed by atoms with Crippen LogP contribution in [0.4, 0.5) is 5.69 Å². The van der Waals surface area contributed by atoms with E-state index in [0.29, 0.717) is 6.54 Å². The predicted molar refractivity (Wildman–Crippen MR) is 85.1 cm³/mol. The molecule has 3 nitrogen and oxygen atoms in total. The van der Waals surface area contributed by atoms with Crippen molar-refractivity contribution in [3.05, 3.63) is 65.2 Å². The summed E-state index contributed by atoms with van der Waals surface area (Å²) in [6, 6.07) is 16.2. The van der Waals surface area contributed by atoms with Crippen molar-refractivity contribution in [1.82, 2.24) is 0 Å². The molecule has 0 saturated carbocycles. The number of benzene rings is 2. The molecule has 0 bridgehead atoms. The Hall–Kier alpha value is -2.13. The van der Waals surface area contributed by atoms with Crippen LogP contribution in [0.25, 0.3) is 0 Å². The molecule has 1 aliphatic rings. The minimum Gasteiger partial charge on any atom is -0.326 e. The third-order valence-corrected chi connectivity index (χ3v) is 4.26. The van der Waals surface area contributed by atoms with Gasteiger partial charge in [0.2, 0.25) is 5.91 Å². The van der Waals surface area contributed by atoms with Gasteiger partial charge in [0.15, 0.2) is 0 Å². The summed E-state index contributed by atoms with van der Waals surface area (Å²) in [5.41, 5.74) is 10.2. The van der Waals surface area contributed by atoms with Gasteiger partial charge in [-0.15, -0.1) is 0 Å². The second kappa shape index (κ2) is 5.70. The molecule has 0 unspecified atom stereocenters. The third-order valence-electron chi connectivity index (χ3n) is 4.26. The van der Waals surface area contributed by atoms with Gasteiger partial charge in [-0.05, 0) is 41.7 Å². The molecule has 0 aromatic heterocycles. The van der Waals surface area contributed by atoms with Gasteiger partial charge in [0, 0.05) is 25.2 Å². The van der Waals surface area contributed by atoms with E-state index in [1.807, 2.05) is 43.4 Å². The number of fused-ring (bicyclic) bond motifs is 1. The van der Waals surface area contributed by atoms with Gasteiger partial charge in [-0.3, -0.25) is 4.79 Å². The lowest BCUT2D eigenvalue weighted by molar-refractivity contribution is -0.121. The minimum absolute atomic E-state index is 0.0499. The molecule has 0 fully saturated rings. The highest BCUT2D eigenvalue weighted by Gasteiger charge is 2.29. The maximum absolute atomic E-state index is 12.7. The number of hydrogen-bond donors (Lipinski definition) is 1. The van der Waals surface area contributed by atoms with Crippen LogP contribution in [-0.4, -0.2) is 13.0 Å². The Bertz CT molecular complexity index is 641. The molecule has 0 saturated heterocycles. The van der Waals surface area contributed by atoms with Crippen molar-refractivity contribution in [1.29, 1.82) is 0 Å². The Labute approximate surface area is 125 Å². The van der Waals surface area contributed by atoms with Crippen LogP contribution in [0.5, 0.6) is 0 Å². The maximum atomic E-state index is 12.7. The molecule has 0 aliphatic heterocycles. The van der Waals surface area contributed by atoms with Gasteiger partial charge in [0.1, 0.15) is 0 Å². The van der Waals surface area contributed by atoms with E-state index in [4.69, 9.17) is 5.73 Å². The Morgan fingerprint density at radius 3 is 2.43 bits per heavy atom. The van der Waals surface area contributed by atoms with Crippen LogP contribution in [0.15, 0.2) is 48.5 Å². The van der Waals surface area contributed by atoms with E-state index in [0.717, 1.165) is 24.1 Å². The fourth-order valence-electron chi connectivity index (χ4n) is 3.03. The van der Waals surface area contributed by atoms with Gasteiger partial charge in [-0.2, -0.15) is 0 Å². The van der Waals surface area contributed by atoms with E-state index in [1.54, 1.807) is 4.90 Å². The normalized spacial score (nSPS) is 14.0. The largest absolute Gasteiger partial charge is 0.326 e. The number of hydrogen-bond acceptors (Lipinski definition) is 2. The quantitative estimate of drug-likeness (QED) is 0.939. The molecule has 2 N–H and O–H groups in total. The van der Waals surface area contributed by atoms with Crippen molar-refractivity contribution in [2.24, 2.45) is 11.7 Å². The molecule has 1 amide bonds. The monoisotopic (exact) mass is 280 g/mol. The van der Waals surface area contributed by atoms with Crippen LogP contribution >= 0.6 is 0 Å². The Kier molecular flexibility index (Phi) is 3.76. The van der Waals surface area contributed by atoms with Gasteiger partial charge in [0.05, 0.1) is 0 Å². The molecule has 0 radical (unpaired) electrons. The lowest BCUT2D eigenvalue weighted by Gasteiger charge is -2.21. The number of amides is 1. The van der Waals surface area contributed by atoms with Crippen LogP contribution in [0, 0.1) is 5.92 Å². The SMILES string of the molecule is CN(C(=O)C1Cc2ccccc2C1)c1cccc(CN)c1. The summed E-state index contributed by atoms with van der Waals surface area (Å²) in [7, 11) is 1.85. The second-order valence-corrected chi connectivity index (χ2v) is 5.65. The summed E-state index contributed by atoms with van der Waals surface area (Å²) in [6.07, 6.45) is 1.69. The summed E-state index contributed by atoms with van der Waals surface area (Å²) in [5, 5.41) is 0. The van der Waals surface area contributed by atoms with Crippen molar-refractivity contribution in [3.63, 3.8) is 0 Å². The van der Waals surface area contributed by atoms with Gasteiger partial charge in [0.25, 0.3) is 0 Å². The van der Waals surface area contributed by atoms with E-state index in [-0.39, 0.29) is 11.8 Å². The zero-order valence-electron chi connectivity index (χ0n) is 12.3. The Balaban J connectivity index is 1.77. The number of carbonyl (C=O) groups excluding carboxylic acids is 1. The lowest BCUT2D eigenvalue weighted by Crippen LogP contribution is -2.33. The van der Waals surface area contributed by atoms with Crippen molar-refractivity contribution < 1.29 is 4.79 Å². The molecule has 2 aromatic rings. The van der Waals surface area contributed by atoms with Gasteiger partial charge in [-0.25, -0.2) is 0 Å². The second-order valence-electron chi connectivity index (χ2n) is 5.65.